The van der Waals surface area contributed by atoms with Gasteiger partial charge in [0.1, 0.15) is 0 Å². The fourth-order valence-corrected chi connectivity index (χ4v) is 0.315. The topological polar surface area (TPSA) is 82.5 Å². The van der Waals surface area contributed by atoms with Crippen LogP contribution < -0.4 is 16.9 Å². The minimum Gasteiger partial charge on any atom is -0.364 e. The van der Waals surface area contributed by atoms with E-state index >= 15 is 0 Å². The van der Waals surface area contributed by atoms with Crippen LogP contribution in [0.15, 0.2) is 0 Å². The van der Waals surface area contributed by atoms with Crippen LogP contribution in [0.25, 0.3) is 0 Å². The molecule has 5 heteroatoms. The maximum atomic E-state index is 5.04. The monoisotopic (exact) mass is 135 g/mol. The largest absolute Gasteiger partial charge is 0.364 e. The number of ether oxygens (including phenoxy) is 1. The highest BCUT2D eigenvalue weighted by Gasteiger charge is 1.83. The van der Waals surface area contributed by atoms with Gasteiger partial charge in [-0.05, 0) is 0 Å². The van der Waals surface area contributed by atoms with Crippen molar-refractivity contribution in [2.24, 2.45) is 11.5 Å². The molecule has 0 atom stereocenters. The average Bonchev–Trinajstić information content (AvgIpc) is 1.89. The van der Waals surface area contributed by atoms with E-state index in [1.165, 1.54) is 0 Å². The molecule has 0 rings (SSSR count). The van der Waals surface area contributed by atoms with Crippen molar-refractivity contribution in [1.29, 1.82) is 0 Å². The van der Waals surface area contributed by atoms with Gasteiger partial charge in [-0.15, -0.1) is 0 Å². The summed E-state index contributed by atoms with van der Waals surface area (Å²) < 4.78 is 4.75. The molecule has 0 saturated carbocycles. The van der Waals surface area contributed by atoms with Crippen molar-refractivity contribution in [2.45, 2.75) is 0 Å². The average molecular weight is 135 g/mol. The molecule has 0 unspecified atom stereocenters. The van der Waals surface area contributed by atoms with Gasteiger partial charge in [-0.25, -0.2) is 0 Å². The zero-order chi connectivity index (χ0) is 6.95. The maximum absolute atomic E-state index is 5.04. The summed E-state index contributed by atoms with van der Waals surface area (Å²) in [6.07, 6.45) is 0. The Morgan fingerprint density at radius 2 is 2.00 bits per heavy atom. The van der Waals surface area contributed by atoms with Gasteiger partial charge < -0.3 is 16.2 Å². The second kappa shape index (κ2) is 7.80. The molecule has 0 heterocycles. The van der Waals surface area contributed by atoms with Crippen molar-refractivity contribution in [3.05, 3.63) is 0 Å². The Hall–Kier alpha value is -0.200. The first kappa shape index (κ1) is 8.80. The Labute approximate surface area is 54.2 Å². The Kier molecular flexibility index (Phi) is 7.63. The predicted molar refractivity (Wildman–Crippen MR) is 33.1 cm³/mol. The molecule has 5 nitrogen and oxygen atoms in total. The van der Waals surface area contributed by atoms with Crippen molar-refractivity contribution >= 4 is 0 Å². The molecule has 0 spiro atoms. The number of hydrogen-bond donors (Lipinski definition) is 3. The number of hydrogen-bond acceptors (Lipinski definition) is 5. The van der Waals surface area contributed by atoms with Gasteiger partial charge >= 0.3 is 0 Å². The molecule has 5 N–H and O–H groups in total. The summed E-state index contributed by atoms with van der Waals surface area (Å²) in [7, 11) is 0. The van der Waals surface area contributed by atoms with Crippen LogP contribution in [0.5, 0.6) is 0 Å². The minimum atomic E-state index is 0.228. The molecular weight excluding hydrogens is 122 g/mol. The maximum Gasteiger partial charge on any atom is 0.0941 e. The van der Waals surface area contributed by atoms with Crippen molar-refractivity contribution in [1.82, 2.24) is 5.48 Å². The number of hydroxylamine groups is 1. The van der Waals surface area contributed by atoms with E-state index in [1.54, 1.807) is 0 Å². The van der Waals surface area contributed by atoms with Crippen LogP contribution in [-0.2, 0) is 9.57 Å². The lowest BCUT2D eigenvalue weighted by Crippen LogP contribution is -2.24. The van der Waals surface area contributed by atoms with E-state index in [9.17, 15) is 0 Å². The third kappa shape index (κ3) is 7.80. The standard InChI is InChI=1S/C4H13N3O2/c5-3-7-9-2-1-8-4-6/h7H,1-6H2. The summed E-state index contributed by atoms with van der Waals surface area (Å²) in [5.41, 5.74) is 12.5. The van der Waals surface area contributed by atoms with E-state index in [0.29, 0.717) is 19.9 Å². The second-order valence-corrected chi connectivity index (χ2v) is 1.27. The van der Waals surface area contributed by atoms with Crippen LogP contribution in [0, 0.1) is 0 Å². The summed E-state index contributed by atoms with van der Waals surface area (Å²) in [4.78, 5) is 4.73. The van der Waals surface area contributed by atoms with Gasteiger partial charge in [0.15, 0.2) is 0 Å². The molecule has 0 aromatic carbocycles. The van der Waals surface area contributed by atoms with E-state index in [4.69, 9.17) is 21.0 Å². The quantitative estimate of drug-likeness (QED) is 0.231. The first-order valence-corrected chi connectivity index (χ1v) is 2.74. The molecule has 0 aliphatic carbocycles. The van der Waals surface area contributed by atoms with E-state index in [2.05, 4.69) is 5.48 Å². The Bertz CT molecular complexity index is 47.1. The van der Waals surface area contributed by atoms with Gasteiger partial charge in [0.2, 0.25) is 0 Å². The highest BCUT2D eigenvalue weighted by atomic mass is 16.7. The van der Waals surface area contributed by atoms with Crippen LogP contribution in [0.3, 0.4) is 0 Å². The van der Waals surface area contributed by atoms with Crippen molar-refractivity contribution in [3.8, 4) is 0 Å². The van der Waals surface area contributed by atoms with Gasteiger partial charge in [-0.3, -0.25) is 4.84 Å². The fraction of sp³-hybridized carbons (Fsp3) is 1.00. The Balaban J connectivity index is 2.60. The summed E-state index contributed by atoms with van der Waals surface area (Å²) in [6.45, 7) is 1.49. The number of rotatable bonds is 6. The highest BCUT2D eigenvalue weighted by Crippen LogP contribution is 1.69. The lowest BCUT2D eigenvalue weighted by Gasteiger charge is -2.01. The lowest BCUT2D eigenvalue weighted by atomic mass is 10.8. The fourth-order valence-electron chi connectivity index (χ4n) is 0.315. The highest BCUT2D eigenvalue weighted by molar-refractivity contribution is 4.23. The minimum absolute atomic E-state index is 0.228. The van der Waals surface area contributed by atoms with Gasteiger partial charge in [-0.1, -0.05) is 0 Å². The molecular formula is C4H13N3O2. The third-order valence-corrected chi connectivity index (χ3v) is 0.633. The molecule has 0 amide bonds. The van der Waals surface area contributed by atoms with Gasteiger partial charge in [0, 0.05) is 0 Å². The molecule has 0 fully saturated rings. The molecule has 0 saturated heterocycles. The van der Waals surface area contributed by atoms with Crippen molar-refractivity contribution in [3.63, 3.8) is 0 Å². The summed E-state index contributed by atoms with van der Waals surface area (Å²) in [5.74, 6) is 0. The van der Waals surface area contributed by atoms with Crippen LogP contribution in [0.1, 0.15) is 0 Å². The Morgan fingerprint density at radius 3 is 2.56 bits per heavy atom. The Morgan fingerprint density at radius 1 is 1.22 bits per heavy atom. The zero-order valence-electron chi connectivity index (χ0n) is 5.30. The van der Waals surface area contributed by atoms with Crippen LogP contribution in [0.2, 0.25) is 0 Å². The first-order chi connectivity index (χ1) is 4.41. The summed E-state index contributed by atoms with van der Waals surface area (Å²) in [6, 6.07) is 0. The number of nitrogens with one attached hydrogen (secondary N) is 1. The van der Waals surface area contributed by atoms with Crippen LogP contribution >= 0.6 is 0 Å². The van der Waals surface area contributed by atoms with E-state index < -0.39 is 0 Å². The van der Waals surface area contributed by atoms with Gasteiger partial charge in [0.25, 0.3) is 0 Å². The molecule has 0 aliphatic heterocycles. The van der Waals surface area contributed by atoms with Crippen LogP contribution in [0.4, 0.5) is 0 Å². The van der Waals surface area contributed by atoms with E-state index in [1.807, 2.05) is 0 Å². The van der Waals surface area contributed by atoms with Gasteiger partial charge in [-0.2, -0.15) is 5.48 Å². The molecule has 0 aliphatic rings. The molecule has 0 radical (unpaired) electrons. The van der Waals surface area contributed by atoms with Gasteiger partial charge in [0.05, 0.1) is 26.6 Å². The van der Waals surface area contributed by atoms with E-state index in [0.717, 1.165) is 0 Å². The first-order valence-electron chi connectivity index (χ1n) is 2.74. The predicted octanol–water partition coefficient (Wildman–Crippen LogP) is -1.64. The van der Waals surface area contributed by atoms with Crippen LogP contribution in [-0.4, -0.2) is 26.6 Å². The zero-order valence-corrected chi connectivity index (χ0v) is 5.30. The molecule has 0 aromatic rings. The molecule has 0 aromatic heterocycles. The normalized spacial score (nSPS) is 10.0. The summed E-state index contributed by atoms with van der Waals surface area (Å²) in [5, 5.41) is 0. The summed E-state index contributed by atoms with van der Waals surface area (Å²) >= 11 is 0. The smallest absolute Gasteiger partial charge is 0.0941 e. The van der Waals surface area contributed by atoms with Crippen molar-refractivity contribution in [2.75, 3.05) is 26.6 Å². The van der Waals surface area contributed by atoms with Crippen molar-refractivity contribution < 1.29 is 9.57 Å². The molecule has 9 heavy (non-hydrogen) atoms. The third-order valence-electron chi connectivity index (χ3n) is 0.633. The number of nitrogens with two attached hydrogens (primary N) is 2. The molecule has 56 valence electrons. The second-order valence-electron chi connectivity index (χ2n) is 1.27. The van der Waals surface area contributed by atoms with E-state index in [-0.39, 0.29) is 6.73 Å². The SMILES string of the molecule is NCNOCCOCN. The lowest BCUT2D eigenvalue weighted by molar-refractivity contribution is -0.00226. The molecule has 0 bridgehead atoms.